The number of piperazine rings is 1. The van der Waals surface area contributed by atoms with Crippen molar-refractivity contribution in [2.24, 2.45) is 0 Å². The Bertz CT molecular complexity index is 944. The number of carbonyl (C=O) groups excluding carboxylic acids is 2. The molecule has 1 saturated heterocycles. The van der Waals surface area contributed by atoms with Gasteiger partial charge >= 0.3 is 0 Å². The Morgan fingerprint density at radius 3 is 2.71 bits per heavy atom. The van der Waals surface area contributed by atoms with E-state index in [0.29, 0.717) is 30.1 Å². The predicted molar refractivity (Wildman–Crippen MR) is 105 cm³/mol. The molecule has 28 heavy (non-hydrogen) atoms. The fourth-order valence-electron chi connectivity index (χ4n) is 4.53. The van der Waals surface area contributed by atoms with E-state index in [2.05, 4.69) is 31.1 Å². The summed E-state index contributed by atoms with van der Waals surface area (Å²) in [5.74, 6) is 0.459. The Morgan fingerprint density at radius 2 is 2.00 bits per heavy atom. The van der Waals surface area contributed by atoms with Crippen LogP contribution in [0, 0.1) is 6.92 Å². The minimum atomic E-state index is -0.169. The second kappa shape index (κ2) is 6.47. The van der Waals surface area contributed by atoms with Gasteiger partial charge in [0.15, 0.2) is 5.76 Å². The van der Waals surface area contributed by atoms with E-state index in [-0.39, 0.29) is 35.7 Å². The van der Waals surface area contributed by atoms with Crippen LogP contribution in [0.15, 0.2) is 28.8 Å². The van der Waals surface area contributed by atoms with Gasteiger partial charge in [0.25, 0.3) is 5.91 Å². The highest BCUT2D eigenvalue weighted by molar-refractivity contribution is 5.99. The van der Waals surface area contributed by atoms with Crippen LogP contribution in [0.2, 0.25) is 0 Å². The monoisotopic (exact) mass is 381 g/mol. The Hall–Kier alpha value is -2.63. The number of amides is 2. The number of aromatic nitrogens is 1. The maximum absolute atomic E-state index is 13.3. The summed E-state index contributed by atoms with van der Waals surface area (Å²) >= 11 is 0. The zero-order chi connectivity index (χ0) is 20.2. The van der Waals surface area contributed by atoms with E-state index in [4.69, 9.17) is 4.52 Å². The number of carbonyl (C=O) groups is 2. The first-order valence-corrected chi connectivity index (χ1v) is 9.85. The van der Waals surface area contributed by atoms with Crippen LogP contribution in [0.4, 0.5) is 0 Å². The highest BCUT2D eigenvalue weighted by Gasteiger charge is 2.44. The van der Waals surface area contributed by atoms with Gasteiger partial charge in [0.1, 0.15) is 12.1 Å². The summed E-state index contributed by atoms with van der Waals surface area (Å²) in [6.45, 7) is 11.3. The molecular weight excluding hydrogens is 354 g/mol. The molecule has 6 heteroatoms. The molecule has 4 rings (SSSR count). The van der Waals surface area contributed by atoms with Crippen molar-refractivity contribution >= 4 is 11.8 Å². The molecule has 0 spiro atoms. The number of hydrogen-bond acceptors (Lipinski definition) is 4. The smallest absolute Gasteiger partial charge is 0.259 e. The van der Waals surface area contributed by atoms with Crippen molar-refractivity contribution in [2.45, 2.75) is 52.0 Å². The third-order valence-corrected chi connectivity index (χ3v) is 5.95. The highest BCUT2D eigenvalue weighted by Crippen LogP contribution is 2.41. The summed E-state index contributed by atoms with van der Waals surface area (Å²) in [6.07, 6.45) is 0. The largest absolute Gasteiger partial charge is 0.360 e. The summed E-state index contributed by atoms with van der Waals surface area (Å²) < 4.78 is 5.39. The molecule has 2 aromatic rings. The molecule has 0 N–H and O–H groups in total. The van der Waals surface area contributed by atoms with Gasteiger partial charge in [-0.25, -0.2) is 0 Å². The molecule has 1 aromatic heterocycles. The van der Waals surface area contributed by atoms with Gasteiger partial charge in [-0.05, 0) is 18.1 Å². The van der Waals surface area contributed by atoms with E-state index in [1.54, 1.807) is 11.8 Å². The molecule has 2 aliphatic heterocycles. The molecule has 2 aliphatic rings. The van der Waals surface area contributed by atoms with Gasteiger partial charge in [-0.1, -0.05) is 57.1 Å². The minimum absolute atomic E-state index is 0.00705. The highest BCUT2D eigenvalue weighted by atomic mass is 16.5. The van der Waals surface area contributed by atoms with Crippen LogP contribution < -0.4 is 0 Å². The zero-order valence-corrected chi connectivity index (χ0v) is 17.2. The molecule has 1 unspecified atom stereocenters. The standard InChI is InChI=1S/C22H27N3O3/c1-13(2)20-19(14(3)23-28-20)21(27)24-10-17-15-8-6-7-9-16(15)22(4,5)12-25(17)18(26)11-24/h6-9,13,17H,10-12H2,1-5H3. The van der Waals surface area contributed by atoms with Gasteiger partial charge in [-0.2, -0.15) is 0 Å². The quantitative estimate of drug-likeness (QED) is 0.799. The molecule has 2 amide bonds. The molecule has 148 valence electrons. The van der Waals surface area contributed by atoms with Crippen molar-refractivity contribution in [3.63, 3.8) is 0 Å². The molecule has 1 atom stereocenters. The van der Waals surface area contributed by atoms with Gasteiger partial charge in [0.05, 0.1) is 11.7 Å². The third kappa shape index (κ3) is 2.82. The molecule has 0 aliphatic carbocycles. The molecule has 6 nitrogen and oxygen atoms in total. The summed E-state index contributed by atoms with van der Waals surface area (Å²) in [5.41, 5.74) is 3.36. The van der Waals surface area contributed by atoms with Crippen LogP contribution in [0.5, 0.6) is 0 Å². The number of aryl methyl sites for hydroxylation is 1. The average molecular weight is 381 g/mol. The van der Waals surface area contributed by atoms with Crippen molar-refractivity contribution in [1.82, 2.24) is 15.0 Å². The minimum Gasteiger partial charge on any atom is -0.360 e. The zero-order valence-electron chi connectivity index (χ0n) is 17.2. The lowest BCUT2D eigenvalue weighted by Crippen LogP contribution is -2.58. The topological polar surface area (TPSA) is 66.7 Å². The van der Waals surface area contributed by atoms with E-state index in [1.807, 2.05) is 30.9 Å². The van der Waals surface area contributed by atoms with Gasteiger partial charge < -0.3 is 14.3 Å². The average Bonchev–Trinajstić information content (AvgIpc) is 3.04. The summed E-state index contributed by atoms with van der Waals surface area (Å²) in [6, 6.07) is 8.15. The fourth-order valence-corrected chi connectivity index (χ4v) is 4.53. The molecule has 1 fully saturated rings. The van der Waals surface area contributed by atoms with Crippen LogP contribution in [-0.2, 0) is 10.2 Å². The first kappa shape index (κ1) is 18.7. The molecule has 3 heterocycles. The Labute approximate surface area is 165 Å². The molecule has 1 aromatic carbocycles. The van der Waals surface area contributed by atoms with Gasteiger partial charge in [-0.15, -0.1) is 0 Å². The summed E-state index contributed by atoms with van der Waals surface area (Å²) in [4.78, 5) is 29.9. The number of benzene rings is 1. The van der Waals surface area contributed by atoms with Crippen molar-refractivity contribution in [1.29, 1.82) is 0 Å². The Morgan fingerprint density at radius 1 is 1.29 bits per heavy atom. The van der Waals surface area contributed by atoms with Crippen LogP contribution in [0.1, 0.15) is 72.6 Å². The number of hydrogen-bond donors (Lipinski definition) is 0. The molecular formula is C22H27N3O3. The van der Waals surface area contributed by atoms with E-state index in [1.165, 1.54) is 5.56 Å². The first-order chi connectivity index (χ1) is 13.2. The summed E-state index contributed by atoms with van der Waals surface area (Å²) in [7, 11) is 0. The maximum Gasteiger partial charge on any atom is 0.259 e. The van der Waals surface area contributed by atoms with Gasteiger partial charge in [0.2, 0.25) is 5.91 Å². The molecule has 0 saturated carbocycles. The Balaban J connectivity index is 1.71. The second-order valence-electron chi connectivity index (χ2n) is 8.86. The van der Waals surface area contributed by atoms with Crippen molar-refractivity contribution in [2.75, 3.05) is 19.6 Å². The number of fused-ring (bicyclic) bond motifs is 3. The maximum atomic E-state index is 13.3. The van der Waals surface area contributed by atoms with E-state index < -0.39 is 0 Å². The van der Waals surface area contributed by atoms with Gasteiger partial charge in [0, 0.05) is 24.4 Å². The number of rotatable bonds is 2. The lowest BCUT2D eigenvalue weighted by molar-refractivity contribution is -0.140. The third-order valence-electron chi connectivity index (χ3n) is 5.95. The van der Waals surface area contributed by atoms with Crippen LogP contribution in [0.25, 0.3) is 0 Å². The molecule has 0 radical (unpaired) electrons. The predicted octanol–water partition coefficient (Wildman–Crippen LogP) is 3.42. The normalized spacial score (nSPS) is 20.9. The first-order valence-electron chi connectivity index (χ1n) is 9.85. The molecule has 0 bridgehead atoms. The van der Waals surface area contributed by atoms with Gasteiger partial charge in [-0.3, -0.25) is 9.59 Å². The second-order valence-corrected chi connectivity index (χ2v) is 8.86. The lowest BCUT2D eigenvalue weighted by Gasteiger charge is -2.49. The van der Waals surface area contributed by atoms with E-state index in [0.717, 1.165) is 5.56 Å². The van der Waals surface area contributed by atoms with Crippen molar-refractivity contribution < 1.29 is 14.1 Å². The number of nitrogens with zero attached hydrogens (tertiary/aromatic N) is 3. The van der Waals surface area contributed by atoms with Crippen LogP contribution in [0.3, 0.4) is 0 Å². The fraction of sp³-hybridized carbons (Fsp3) is 0.500. The summed E-state index contributed by atoms with van der Waals surface area (Å²) in [5, 5.41) is 3.99. The van der Waals surface area contributed by atoms with Crippen molar-refractivity contribution in [3.05, 3.63) is 52.4 Å². The van der Waals surface area contributed by atoms with E-state index in [9.17, 15) is 9.59 Å². The SMILES string of the molecule is Cc1noc(C(C)C)c1C(=O)N1CC(=O)N2CC(C)(C)c3ccccc3C2C1. The lowest BCUT2D eigenvalue weighted by atomic mass is 9.75. The van der Waals surface area contributed by atoms with E-state index >= 15 is 0 Å². The van der Waals surface area contributed by atoms with Crippen LogP contribution >= 0.6 is 0 Å². The Kier molecular flexibility index (Phi) is 4.32. The van der Waals surface area contributed by atoms with Crippen LogP contribution in [-0.4, -0.2) is 46.4 Å². The van der Waals surface area contributed by atoms with Crippen molar-refractivity contribution in [3.8, 4) is 0 Å².